The van der Waals surface area contributed by atoms with E-state index in [-0.39, 0.29) is 60.1 Å². The molecule has 2 unspecified atom stereocenters. The van der Waals surface area contributed by atoms with Crippen molar-refractivity contribution in [3.8, 4) is 17.2 Å². The molecule has 7 rings (SSSR count). The molecule has 0 amide bonds. The van der Waals surface area contributed by atoms with Crippen molar-refractivity contribution >= 4 is 22.6 Å². The standard InChI is InChI=1S/C35H33N5O8/c1-17-7-6-8-20(31(17)42)29-19-9-12-39-34(45)38(35(46)40(39)24(19)14-21-26(41)13-18(2)32(43)30(21)29)11-10-22-33(44)37(3)25-16-28(48-5)27(47-4)15-23(25)36-22/h6-9,13,15-16,24,29,42H,10-12,14H2,1-5H3. The lowest BCUT2D eigenvalue weighted by molar-refractivity contribution is -0.116. The molecule has 0 saturated carbocycles. The van der Waals surface area contributed by atoms with E-state index >= 15 is 0 Å². The Morgan fingerprint density at radius 2 is 1.73 bits per heavy atom. The van der Waals surface area contributed by atoms with Gasteiger partial charge in [-0.05, 0) is 31.1 Å². The average molecular weight is 652 g/mol. The summed E-state index contributed by atoms with van der Waals surface area (Å²) in [5, 5.41) is 11.2. The predicted molar refractivity (Wildman–Crippen MR) is 175 cm³/mol. The Bertz CT molecular complexity index is 2380. The summed E-state index contributed by atoms with van der Waals surface area (Å²) < 4.78 is 15.9. The molecule has 3 aliphatic rings. The first-order valence-corrected chi connectivity index (χ1v) is 15.5. The predicted octanol–water partition coefficient (Wildman–Crippen LogP) is 2.40. The molecule has 2 aromatic heterocycles. The number of aromatic nitrogens is 5. The van der Waals surface area contributed by atoms with Crippen molar-refractivity contribution in [2.75, 3.05) is 14.2 Å². The molecular formula is C35H33N5O8. The van der Waals surface area contributed by atoms with Crippen LogP contribution in [0.1, 0.15) is 42.1 Å². The zero-order valence-electron chi connectivity index (χ0n) is 27.1. The van der Waals surface area contributed by atoms with E-state index in [4.69, 9.17) is 9.47 Å². The average Bonchev–Trinajstić information content (AvgIpc) is 3.32. The number of ketones is 2. The van der Waals surface area contributed by atoms with Gasteiger partial charge in [-0.1, -0.05) is 24.3 Å². The van der Waals surface area contributed by atoms with Crippen LogP contribution >= 0.6 is 0 Å². The van der Waals surface area contributed by atoms with Crippen LogP contribution in [0.15, 0.2) is 79.2 Å². The number of hydrogen-bond acceptors (Lipinski definition) is 9. The Kier molecular flexibility index (Phi) is 7.22. The second kappa shape index (κ2) is 11.2. The number of hydrogen-bond donors (Lipinski definition) is 1. The molecule has 4 aromatic rings. The fraction of sp³-hybridized carbons (Fsp3) is 0.314. The van der Waals surface area contributed by atoms with Crippen molar-refractivity contribution < 1.29 is 24.2 Å². The highest BCUT2D eigenvalue weighted by atomic mass is 16.5. The van der Waals surface area contributed by atoms with E-state index in [1.165, 1.54) is 34.2 Å². The van der Waals surface area contributed by atoms with E-state index in [0.29, 0.717) is 50.4 Å². The fourth-order valence-electron chi connectivity index (χ4n) is 7.23. The number of allylic oxidation sites excluding steroid dienone is 6. The minimum absolute atomic E-state index is 0.00299. The molecule has 2 aliphatic carbocycles. The van der Waals surface area contributed by atoms with Crippen LogP contribution in [0, 0.1) is 6.92 Å². The zero-order valence-corrected chi connectivity index (χ0v) is 27.1. The molecule has 48 heavy (non-hydrogen) atoms. The molecule has 246 valence electrons. The minimum Gasteiger partial charge on any atom is -0.507 e. The lowest BCUT2D eigenvalue weighted by Gasteiger charge is -2.39. The fourth-order valence-corrected chi connectivity index (χ4v) is 7.23. The van der Waals surface area contributed by atoms with Crippen molar-refractivity contribution in [2.24, 2.45) is 7.05 Å². The number of rotatable bonds is 6. The van der Waals surface area contributed by atoms with Gasteiger partial charge in [0.15, 0.2) is 23.1 Å². The van der Waals surface area contributed by atoms with Gasteiger partial charge in [0.25, 0.3) is 5.56 Å². The number of ether oxygens (including phenoxy) is 2. The first-order chi connectivity index (χ1) is 23.0. The van der Waals surface area contributed by atoms with Gasteiger partial charge in [0.2, 0.25) is 0 Å². The van der Waals surface area contributed by atoms with E-state index in [1.54, 1.807) is 57.3 Å². The van der Waals surface area contributed by atoms with Crippen LogP contribution < -0.4 is 26.4 Å². The van der Waals surface area contributed by atoms with E-state index in [9.17, 15) is 29.1 Å². The van der Waals surface area contributed by atoms with E-state index in [2.05, 4.69) is 4.98 Å². The van der Waals surface area contributed by atoms with Crippen LogP contribution in [-0.2, 0) is 36.1 Å². The molecule has 13 nitrogen and oxygen atoms in total. The van der Waals surface area contributed by atoms with Crippen LogP contribution in [0.5, 0.6) is 17.2 Å². The third-order valence-corrected chi connectivity index (χ3v) is 9.71. The number of nitrogens with zero attached hydrogens (tertiary/aromatic N) is 5. The van der Waals surface area contributed by atoms with Crippen molar-refractivity contribution in [1.82, 2.24) is 23.5 Å². The third-order valence-electron chi connectivity index (χ3n) is 9.71. The quantitative estimate of drug-likeness (QED) is 0.244. The monoisotopic (exact) mass is 651 g/mol. The number of aryl methyl sites for hydroxylation is 3. The SMILES string of the molecule is COc1cc2nc(CCn3c(=O)n4n(c3=O)C3CC5=C(C(=O)C(C)=CC5=O)C(c5cccc(C)c5O)C3=CC4)c(=O)n(C)c2cc1OC. The summed E-state index contributed by atoms with van der Waals surface area (Å²) in [5.41, 5.74) is 2.15. The van der Waals surface area contributed by atoms with Crippen molar-refractivity contribution in [2.45, 2.75) is 51.7 Å². The Morgan fingerprint density at radius 3 is 2.46 bits per heavy atom. The highest BCUT2D eigenvalue weighted by molar-refractivity contribution is 6.23. The molecular weight excluding hydrogens is 618 g/mol. The Hall–Kier alpha value is -5.72. The number of phenolic OH excluding ortho intramolecular Hbond substituents is 1. The Labute approximate surface area is 273 Å². The van der Waals surface area contributed by atoms with Gasteiger partial charge in [-0.25, -0.2) is 28.5 Å². The normalized spacial score (nSPS) is 18.7. The summed E-state index contributed by atoms with van der Waals surface area (Å²) >= 11 is 0. The van der Waals surface area contributed by atoms with Gasteiger partial charge in [0.1, 0.15) is 11.4 Å². The molecule has 13 heteroatoms. The second-order valence-electron chi connectivity index (χ2n) is 12.3. The maximum Gasteiger partial charge on any atom is 0.347 e. The first-order valence-electron chi connectivity index (χ1n) is 15.5. The number of carbonyl (C=O) groups is 2. The Morgan fingerprint density at radius 1 is 1.00 bits per heavy atom. The van der Waals surface area contributed by atoms with Gasteiger partial charge in [-0.3, -0.25) is 14.4 Å². The molecule has 3 heterocycles. The molecule has 1 N–H and O–H groups in total. The summed E-state index contributed by atoms with van der Waals surface area (Å²) in [6.07, 6.45) is 3.13. The highest BCUT2D eigenvalue weighted by Gasteiger charge is 2.45. The van der Waals surface area contributed by atoms with E-state index in [1.807, 2.05) is 0 Å². The lowest BCUT2D eigenvalue weighted by Crippen LogP contribution is -2.41. The number of Topliss-reactive ketones (excluding diaryl/α,β-unsaturated/α-hetero) is 1. The van der Waals surface area contributed by atoms with Gasteiger partial charge < -0.3 is 19.1 Å². The smallest absolute Gasteiger partial charge is 0.347 e. The molecule has 0 radical (unpaired) electrons. The van der Waals surface area contributed by atoms with Gasteiger partial charge in [0.05, 0.1) is 37.8 Å². The zero-order chi connectivity index (χ0) is 34.2. The largest absolute Gasteiger partial charge is 0.507 e. The van der Waals surface area contributed by atoms with Crippen molar-refractivity contribution in [3.05, 3.63) is 113 Å². The summed E-state index contributed by atoms with van der Waals surface area (Å²) in [5.74, 6) is -0.541. The molecule has 2 atom stereocenters. The van der Waals surface area contributed by atoms with Crippen LogP contribution in [0.2, 0.25) is 0 Å². The number of benzene rings is 2. The van der Waals surface area contributed by atoms with E-state index < -0.39 is 23.3 Å². The third kappa shape index (κ3) is 4.44. The molecule has 2 aromatic carbocycles. The first kappa shape index (κ1) is 30.9. The van der Waals surface area contributed by atoms with Crippen LogP contribution in [-0.4, -0.2) is 54.4 Å². The minimum atomic E-state index is -0.793. The topological polar surface area (TPSA) is 157 Å². The number of aromatic hydroxyl groups is 1. The second-order valence-corrected chi connectivity index (χ2v) is 12.3. The van der Waals surface area contributed by atoms with Crippen molar-refractivity contribution in [3.63, 3.8) is 0 Å². The maximum atomic E-state index is 14.1. The summed E-state index contributed by atoms with van der Waals surface area (Å²) in [6.45, 7) is 3.25. The maximum absolute atomic E-state index is 14.1. The van der Waals surface area contributed by atoms with Crippen LogP contribution in [0.25, 0.3) is 11.0 Å². The highest BCUT2D eigenvalue weighted by Crippen LogP contribution is 2.51. The summed E-state index contributed by atoms with van der Waals surface area (Å²) in [7, 11) is 4.60. The summed E-state index contributed by atoms with van der Waals surface area (Å²) in [4.78, 5) is 72.6. The van der Waals surface area contributed by atoms with Crippen molar-refractivity contribution in [1.29, 1.82) is 0 Å². The number of phenols is 1. The van der Waals surface area contributed by atoms with Crippen LogP contribution in [0.4, 0.5) is 0 Å². The van der Waals surface area contributed by atoms with Gasteiger partial charge in [-0.15, -0.1) is 0 Å². The van der Waals surface area contributed by atoms with Gasteiger partial charge >= 0.3 is 11.4 Å². The lowest BCUT2D eigenvalue weighted by atomic mass is 9.67. The molecule has 1 aliphatic heterocycles. The van der Waals surface area contributed by atoms with Crippen LogP contribution in [0.3, 0.4) is 0 Å². The Balaban J connectivity index is 1.30. The van der Waals surface area contributed by atoms with Gasteiger partial charge in [0, 0.05) is 66.8 Å². The molecule has 0 fully saturated rings. The number of methoxy groups -OCH3 is 2. The molecule has 0 bridgehead atoms. The number of fused-ring (bicyclic) bond motifs is 4. The van der Waals surface area contributed by atoms with E-state index in [0.717, 1.165) is 4.57 Å². The number of para-hydroxylation sites is 1. The van der Waals surface area contributed by atoms with Gasteiger partial charge in [-0.2, -0.15) is 0 Å². The number of carbonyl (C=O) groups excluding carboxylic acids is 2. The summed E-state index contributed by atoms with van der Waals surface area (Å²) in [6, 6.07) is 7.78. The molecule has 0 spiro atoms. The molecule has 0 saturated heterocycles.